The molecule has 0 aliphatic carbocycles. The van der Waals surface area contributed by atoms with Crippen LogP contribution < -0.4 is 10.4 Å². The molecule has 0 aliphatic rings. The van der Waals surface area contributed by atoms with Gasteiger partial charge < -0.3 is 9.16 Å². The van der Waals surface area contributed by atoms with Crippen molar-refractivity contribution in [1.29, 1.82) is 0 Å². The SMILES string of the molecule is CC(/C=C/CC(C)CO[Si](c1ccccc1)(c1ccccc1)C(C)(C)C)CCOCc1ccccc1. The predicted octanol–water partition coefficient (Wildman–Crippen LogP) is 7.39. The highest BCUT2D eigenvalue weighted by atomic mass is 28.4. The third kappa shape index (κ3) is 7.77. The van der Waals surface area contributed by atoms with Gasteiger partial charge in [-0.1, -0.05) is 138 Å². The Morgan fingerprint density at radius 2 is 1.31 bits per heavy atom. The molecule has 3 aromatic carbocycles. The van der Waals surface area contributed by atoms with Gasteiger partial charge in [-0.05, 0) is 45.7 Å². The summed E-state index contributed by atoms with van der Waals surface area (Å²) in [5.41, 5.74) is 1.23. The first-order chi connectivity index (χ1) is 17.3. The molecule has 0 spiro atoms. The molecule has 0 saturated carbocycles. The Labute approximate surface area is 220 Å². The van der Waals surface area contributed by atoms with E-state index in [4.69, 9.17) is 9.16 Å². The average Bonchev–Trinajstić information content (AvgIpc) is 2.88. The lowest BCUT2D eigenvalue weighted by Gasteiger charge is -2.43. The van der Waals surface area contributed by atoms with Crippen molar-refractivity contribution in [3.63, 3.8) is 0 Å². The highest BCUT2D eigenvalue weighted by Gasteiger charge is 2.50. The Balaban J connectivity index is 1.56. The van der Waals surface area contributed by atoms with Gasteiger partial charge in [0.05, 0.1) is 6.61 Å². The topological polar surface area (TPSA) is 18.5 Å². The second-order valence-corrected chi connectivity index (χ2v) is 15.4. The lowest BCUT2D eigenvalue weighted by Crippen LogP contribution is -2.66. The van der Waals surface area contributed by atoms with Crippen LogP contribution in [0.4, 0.5) is 0 Å². The molecule has 2 unspecified atom stereocenters. The van der Waals surface area contributed by atoms with Gasteiger partial charge in [-0.3, -0.25) is 0 Å². The molecule has 0 saturated heterocycles. The number of ether oxygens (including phenoxy) is 1. The Bertz CT molecular complexity index is 986. The van der Waals surface area contributed by atoms with Crippen molar-refractivity contribution in [3.05, 3.63) is 109 Å². The Hall–Kier alpha value is -2.46. The summed E-state index contributed by atoms with van der Waals surface area (Å²) in [5, 5.41) is 2.70. The first kappa shape index (κ1) is 28.1. The molecule has 2 atom stereocenters. The second kappa shape index (κ2) is 13.7. The van der Waals surface area contributed by atoms with Crippen LogP contribution in [-0.4, -0.2) is 21.5 Å². The fraction of sp³-hybridized carbons (Fsp3) is 0.394. The molecule has 0 bridgehead atoms. The first-order valence-corrected chi connectivity index (χ1v) is 15.3. The summed E-state index contributed by atoms with van der Waals surface area (Å²) in [7, 11) is -2.46. The summed E-state index contributed by atoms with van der Waals surface area (Å²) in [6.45, 7) is 13.8. The Morgan fingerprint density at radius 1 is 0.778 bits per heavy atom. The van der Waals surface area contributed by atoms with Crippen LogP contribution in [0.2, 0.25) is 5.04 Å². The van der Waals surface area contributed by atoms with E-state index in [0.29, 0.717) is 18.4 Å². The molecule has 36 heavy (non-hydrogen) atoms. The fourth-order valence-corrected chi connectivity index (χ4v) is 9.46. The van der Waals surface area contributed by atoms with Crippen molar-refractivity contribution in [1.82, 2.24) is 0 Å². The zero-order chi connectivity index (χ0) is 25.9. The minimum atomic E-state index is -2.46. The van der Waals surface area contributed by atoms with Gasteiger partial charge in [-0.2, -0.15) is 0 Å². The van der Waals surface area contributed by atoms with Gasteiger partial charge in [0.2, 0.25) is 0 Å². The summed E-state index contributed by atoms with van der Waals surface area (Å²) < 4.78 is 13.0. The van der Waals surface area contributed by atoms with E-state index in [-0.39, 0.29) is 5.04 Å². The van der Waals surface area contributed by atoms with E-state index >= 15 is 0 Å². The van der Waals surface area contributed by atoms with Crippen LogP contribution in [0, 0.1) is 11.8 Å². The zero-order valence-electron chi connectivity index (χ0n) is 22.8. The Kier molecular flexibility index (Phi) is 10.7. The molecule has 0 aromatic heterocycles. The maximum Gasteiger partial charge on any atom is 0.261 e. The lowest BCUT2D eigenvalue weighted by atomic mass is 10.0. The van der Waals surface area contributed by atoms with E-state index in [9.17, 15) is 0 Å². The van der Waals surface area contributed by atoms with Crippen LogP contribution in [0.1, 0.15) is 53.0 Å². The molecular weight excluding hydrogens is 456 g/mol. The van der Waals surface area contributed by atoms with E-state index in [1.807, 2.05) is 6.07 Å². The molecule has 0 radical (unpaired) electrons. The zero-order valence-corrected chi connectivity index (χ0v) is 23.8. The molecule has 0 N–H and O–H groups in total. The largest absolute Gasteiger partial charge is 0.407 e. The maximum atomic E-state index is 7.09. The summed E-state index contributed by atoms with van der Waals surface area (Å²) in [6.07, 6.45) is 6.73. The smallest absolute Gasteiger partial charge is 0.261 e. The first-order valence-electron chi connectivity index (χ1n) is 13.4. The molecule has 192 valence electrons. The number of rotatable bonds is 13. The molecule has 3 rings (SSSR count). The molecule has 2 nitrogen and oxygen atoms in total. The van der Waals surface area contributed by atoms with Crippen molar-refractivity contribution in [2.24, 2.45) is 11.8 Å². The number of hydrogen-bond acceptors (Lipinski definition) is 2. The quantitative estimate of drug-likeness (QED) is 0.138. The summed E-state index contributed by atoms with van der Waals surface area (Å²) in [4.78, 5) is 0. The van der Waals surface area contributed by atoms with Gasteiger partial charge in [0.15, 0.2) is 0 Å². The van der Waals surface area contributed by atoms with Crippen molar-refractivity contribution in [2.45, 2.75) is 59.1 Å². The van der Waals surface area contributed by atoms with E-state index in [2.05, 4.69) is 132 Å². The summed E-state index contributed by atoms with van der Waals surface area (Å²) >= 11 is 0. The van der Waals surface area contributed by atoms with Crippen molar-refractivity contribution in [3.8, 4) is 0 Å². The molecule has 0 fully saturated rings. The molecule has 3 aromatic rings. The van der Waals surface area contributed by atoms with E-state index in [1.165, 1.54) is 15.9 Å². The van der Waals surface area contributed by atoms with Crippen molar-refractivity contribution < 1.29 is 9.16 Å². The number of hydrogen-bond donors (Lipinski definition) is 0. The highest BCUT2D eigenvalue weighted by Crippen LogP contribution is 2.37. The molecular formula is C33H44O2Si. The van der Waals surface area contributed by atoms with Crippen LogP contribution in [0.25, 0.3) is 0 Å². The molecule has 3 heteroatoms. The van der Waals surface area contributed by atoms with Crippen LogP contribution in [-0.2, 0) is 15.8 Å². The summed E-state index contributed by atoms with van der Waals surface area (Å²) in [6, 6.07) is 32.2. The molecule has 0 amide bonds. The van der Waals surface area contributed by atoms with Gasteiger partial charge >= 0.3 is 0 Å². The predicted molar refractivity (Wildman–Crippen MR) is 156 cm³/mol. The minimum absolute atomic E-state index is 0.0134. The van der Waals surface area contributed by atoms with E-state index in [1.54, 1.807) is 0 Å². The molecule has 0 aliphatic heterocycles. The van der Waals surface area contributed by atoms with Gasteiger partial charge in [0.1, 0.15) is 0 Å². The summed E-state index contributed by atoms with van der Waals surface area (Å²) in [5.74, 6) is 0.954. The van der Waals surface area contributed by atoms with E-state index in [0.717, 1.165) is 26.1 Å². The number of allylic oxidation sites excluding steroid dienone is 2. The van der Waals surface area contributed by atoms with Crippen molar-refractivity contribution >= 4 is 18.7 Å². The number of benzene rings is 3. The second-order valence-electron chi connectivity index (χ2n) is 11.0. The monoisotopic (exact) mass is 500 g/mol. The standard InChI is InChI=1S/C33H44O2Si/c1-28(24-25-34-27-30-18-9-6-10-19-30)16-15-17-29(2)26-35-36(33(3,4)5,31-20-11-7-12-21-31)32-22-13-8-14-23-32/h6-16,18-23,28-29H,17,24-27H2,1-5H3/b16-15+. The van der Waals surface area contributed by atoms with Crippen LogP contribution in [0.3, 0.4) is 0 Å². The average molecular weight is 501 g/mol. The normalized spacial score (nSPS) is 14.1. The van der Waals surface area contributed by atoms with Crippen LogP contribution in [0.15, 0.2) is 103 Å². The molecule has 0 heterocycles. The van der Waals surface area contributed by atoms with Gasteiger partial charge in [-0.25, -0.2) is 0 Å². The van der Waals surface area contributed by atoms with Crippen LogP contribution >= 0.6 is 0 Å². The van der Waals surface area contributed by atoms with Crippen molar-refractivity contribution in [2.75, 3.05) is 13.2 Å². The van der Waals surface area contributed by atoms with Gasteiger partial charge in [0.25, 0.3) is 8.32 Å². The third-order valence-electron chi connectivity index (χ3n) is 6.83. The highest BCUT2D eigenvalue weighted by molar-refractivity contribution is 6.99. The van der Waals surface area contributed by atoms with Crippen LogP contribution in [0.5, 0.6) is 0 Å². The van der Waals surface area contributed by atoms with E-state index < -0.39 is 8.32 Å². The van der Waals surface area contributed by atoms with Gasteiger partial charge in [-0.15, -0.1) is 0 Å². The third-order valence-corrected chi connectivity index (χ3v) is 11.8. The maximum absolute atomic E-state index is 7.09. The lowest BCUT2D eigenvalue weighted by molar-refractivity contribution is 0.113. The minimum Gasteiger partial charge on any atom is -0.407 e. The van der Waals surface area contributed by atoms with Gasteiger partial charge in [0, 0.05) is 13.2 Å². The Morgan fingerprint density at radius 3 is 1.83 bits per heavy atom. The fourth-order valence-electron chi connectivity index (χ4n) is 4.77.